The number of benzene rings is 1. The molecule has 3 N–H and O–H groups in total. The molecule has 2 aromatic rings. The van der Waals surface area contributed by atoms with E-state index in [9.17, 15) is 14.4 Å². The molecular weight excluding hydrogens is 304 g/mol. The van der Waals surface area contributed by atoms with Gasteiger partial charge in [-0.25, -0.2) is 4.79 Å². The maximum Gasteiger partial charge on any atom is 0.345 e. The van der Waals surface area contributed by atoms with Crippen LogP contribution in [-0.4, -0.2) is 29.9 Å². The van der Waals surface area contributed by atoms with E-state index < -0.39 is 11.4 Å². The lowest BCUT2D eigenvalue weighted by atomic mass is 10.1. The number of hydrogen-bond donors (Lipinski definition) is 3. The second kappa shape index (κ2) is 5.10. The summed E-state index contributed by atoms with van der Waals surface area (Å²) in [5, 5.41) is 15.0. The Bertz CT molecular complexity index is 792. The highest BCUT2D eigenvalue weighted by molar-refractivity contribution is 7.20. The topological polar surface area (TPSA) is 95.5 Å². The van der Waals surface area contributed by atoms with E-state index in [-0.39, 0.29) is 16.7 Å². The smallest absolute Gasteiger partial charge is 0.345 e. The molecule has 1 saturated carbocycles. The first-order valence-corrected chi connectivity index (χ1v) is 7.58. The van der Waals surface area contributed by atoms with Gasteiger partial charge in [-0.05, 0) is 42.5 Å². The standard InChI is InChI=1S/C15H14N2O4S/c1-16-13(20)15(4-5-15)14(21)17-9-2-3-10-8(6-9)7-11(22-10)12(18)19/h2-3,6-7H,4-5H2,1H3,(H,16,20)(H,17,21)(H,18,19). The van der Waals surface area contributed by atoms with Crippen molar-refractivity contribution in [2.75, 3.05) is 12.4 Å². The fraction of sp³-hybridized carbons (Fsp3) is 0.267. The predicted octanol–water partition coefficient (Wildman–Crippen LogP) is 2.06. The van der Waals surface area contributed by atoms with E-state index in [1.807, 2.05) is 0 Å². The van der Waals surface area contributed by atoms with Gasteiger partial charge in [0.05, 0.1) is 0 Å². The highest BCUT2D eigenvalue weighted by atomic mass is 32.1. The van der Waals surface area contributed by atoms with Gasteiger partial charge in [0.15, 0.2) is 0 Å². The van der Waals surface area contributed by atoms with E-state index in [1.165, 1.54) is 18.4 Å². The summed E-state index contributed by atoms with van der Waals surface area (Å²) in [4.78, 5) is 35.3. The molecule has 0 aliphatic heterocycles. The van der Waals surface area contributed by atoms with Gasteiger partial charge in [-0.2, -0.15) is 0 Å². The molecule has 22 heavy (non-hydrogen) atoms. The highest BCUT2D eigenvalue weighted by Gasteiger charge is 2.56. The number of anilines is 1. The summed E-state index contributed by atoms with van der Waals surface area (Å²) < 4.78 is 0.836. The number of carboxylic acid groups (broad SMARTS) is 1. The zero-order valence-electron chi connectivity index (χ0n) is 11.8. The minimum Gasteiger partial charge on any atom is -0.477 e. The van der Waals surface area contributed by atoms with Crippen molar-refractivity contribution in [3.05, 3.63) is 29.1 Å². The molecule has 1 aromatic heterocycles. The number of hydrogen-bond acceptors (Lipinski definition) is 4. The third-order valence-electron chi connectivity index (χ3n) is 3.83. The lowest BCUT2D eigenvalue weighted by Crippen LogP contribution is -2.38. The molecule has 0 saturated heterocycles. The zero-order valence-corrected chi connectivity index (χ0v) is 12.6. The van der Waals surface area contributed by atoms with Crippen LogP contribution in [0.5, 0.6) is 0 Å². The monoisotopic (exact) mass is 318 g/mol. The molecule has 0 radical (unpaired) electrons. The van der Waals surface area contributed by atoms with Crippen LogP contribution in [0.3, 0.4) is 0 Å². The Morgan fingerprint density at radius 1 is 1.18 bits per heavy atom. The van der Waals surface area contributed by atoms with Gasteiger partial charge in [-0.15, -0.1) is 11.3 Å². The summed E-state index contributed by atoms with van der Waals surface area (Å²) in [5.74, 6) is -1.56. The zero-order chi connectivity index (χ0) is 15.9. The lowest BCUT2D eigenvalue weighted by Gasteiger charge is -2.13. The van der Waals surface area contributed by atoms with Gasteiger partial charge in [0.2, 0.25) is 11.8 Å². The van der Waals surface area contributed by atoms with Gasteiger partial charge in [-0.3, -0.25) is 9.59 Å². The van der Waals surface area contributed by atoms with E-state index in [1.54, 1.807) is 24.3 Å². The summed E-state index contributed by atoms with van der Waals surface area (Å²) >= 11 is 1.18. The van der Waals surface area contributed by atoms with E-state index in [0.29, 0.717) is 18.5 Å². The van der Waals surface area contributed by atoms with Gasteiger partial charge in [-0.1, -0.05) is 0 Å². The van der Waals surface area contributed by atoms with Crippen LogP contribution in [0.25, 0.3) is 10.1 Å². The first-order valence-electron chi connectivity index (χ1n) is 6.77. The van der Waals surface area contributed by atoms with Crippen molar-refractivity contribution in [3.63, 3.8) is 0 Å². The Hall–Kier alpha value is -2.41. The first-order chi connectivity index (χ1) is 10.5. The maximum atomic E-state index is 12.3. The number of carboxylic acids is 1. The van der Waals surface area contributed by atoms with Gasteiger partial charge in [0, 0.05) is 17.4 Å². The van der Waals surface area contributed by atoms with Crippen molar-refractivity contribution < 1.29 is 19.5 Å². The Balaban J connectivity index is 1.84. The second-order valence-corrected chi connectivity index (χ2v) is 6.37. The molecule has 1 aliphatic carbocycles. The molecule has 1 aliphatic rings. The number of nitrogens with one attached hydrogen (secondary N) is 2. The quantitative estimate of drug-likeness (QED) is 0.752. The first kappa shape index (κ1) is 14.5. The van der Waals surface area contributed by atoms with E-state index in [4.69, 9.17) is 5.11 Å². The number of carbonyl (C=O) groups excluding carboxylic acids is 2. The van der Waals surface area contributed by atoms with Crippen LogP contribution in [0.4, 0.5) is 5.69 Å². The van der Waals surface area contributed by atoms with Crippen LogP contribution >= 0.6 is 11.3 Å². The molecule has 7 heteroatoms. The van der Waals surface area contributed by atoms with E-state index in [2.05, 4.69) is 10.6 Å². The number of rotatable bonds is 4. The average Bonchev–Trinajstić information content (AvgIpc) is 3.20. The summed E-state index contributed by atoms with van der Waals surface area (Å²) in [6, 6.07) is 6.77. The molecule has 2 amide bonds. The normalized spacial score (nSPS) is 15.3. The lowest BCUT2D eigenvalue weighted by molar-refractivity contribution is -0.134. The Morgan fingerprint density at radius 2 is 1.91 bits per heavy atom. The molecule has 3 rings (SSSR count). The van der Waals surface area contributed by atoms with Gasteiger partial charge >= 0.3 is 5.97 Å². The Kier molecular flexibility index (Phi) is 3.37. The fourth-order valence-corrected chi connectivity index (χ4v) is 3.28. The fourth-order valence-electron chi connectivity index (χ4n) is 2.40. The molecule has 0 bridgehead atoms. The Labute approximate surface area is 130 Å². The average molecular weight is 318 g/mol. The van der Waals surface area contributed by atoms with E-state index in [0.717, 1.165) is 10.1 Å². The number of amides is 2. The minimum atomic E-state index is -0.969. The van der Waals surface area contributed by atoms with Crippen molar-refractivity contribution in [2.24, 2.45) is 5.41 Å². The Morgan fingerprint density at radius 3 is 2.50 bits per heavy atom. The highest BCUT2D eigenvalue weighted by Crippen LogP contribution is 2.46. The molecule has 0 unspecified atom stereocenters. The van der Waals surface area contributed by atoms with Crippen LogP contribution in [0.2, 0.25) is 0 Å². The van der Waals surface area contributed by atoms with Crippen LogP contribution < -0.4 is 10.6 Å². The third kappa shape index (κ3) is 2.33. The SMILES string of the molecule is CNC(=O)C1(C(=O)Nc2ccc3sc(C(=O)O)cc3c2)CC1. The van der Waals surface area contributed by atoms with Crippen molar-refractivity contribution in [2.45, 2.75) is 12.8 Å². The third-order valence-corrected chi connectivity index (χ3v) is 4.94. The second-order valence-electron chi connectivity index (χ2n) is 5.28. The summed E-state index contributed by atoms with van der Waals surface area (Å²) in [6.07, 6.45) is 1.09. The van der Waals surface area contributed by atoms with Crippen molar-refractivity contribution in [3.8, 4) is 0 Å². The molecular formula is C15H14N2O4S. The number of aromatic carboxylic acids is 1. The van der Waals surface area contributed by atoms with Crippen molar-refractivity contribution in [1.29, 1.82) is 0 Å². The minimum absolute atomic E-state index is 0.252. The molecule has 0 spiro atoms. The summed E-state index contributed by atoms with van der Waals surface area (Å²) in [6.45, 7) is 0. The van der Waals surface area contributed by atoms with Crippen molar-refractivity contribution >= 4 is 44.9 Å². The summed E-state index contributed by atoms with van der Waals surface area (Å²) in [5.41, 5.74) is -0.396. The van der Waals surface area contributed by atoms with Crippen LogP contribution in [0.1, 0.15) is 22.5 Å². The number of thiophene rings is 1. The summed E-state index contributed by atoms with van der Waals surface area (Å²) in [7, 11) is 1.51. The van der Waals surface area contributed by atoms with Gasteiger partial charge in [0.25, 0.3) is 0 Å². The van der Waals surface area contributed by atoms with E-state index >= 15 is 0 Å². The molecule has 0 atom stereocenters. The van der Waals surface area contributed by atoms with Crippen molar-refractivity contribution in [1.82, 2.24) is 5.32 Å². The van der Waals surface area contributed by atoms with Crippen LogP contribution in [0.15, 0.2) is 24.3 Å². The van der Waals surface area contributed by atoms with Crippen LogP contribution in [0, 0.1) is 5.41 Å². The number of carbonyl (C=O) groups is 3. The molecule has 114 valence electrons. The largest absolute Gasteiger partial charge is 0.477 e. The number of fused-ring (bicyclic) bond motifs is 1. The maximum absolute atomic E-state index is 12.3. The van der Waals surface area contributed by atoms with Gasteiger partial charge < -0.3 is 15.7 Å². The molecule has 1 aromatic carbocycles. The van der Waals surface area contributed by atoms with Gasteiger partial charge in [0.1, 0.15) is 10.3 Å². The molecule has 1 fully saturated rings. The predicted molar refractivity (Wildman–Crippen MR) is 83.1 cm³/mol. The molecule has 6 nitrogen and oxygen atoms in total. The molecule has 1 heterocycles. The van der Waals surface area contributed by atoms with Crippen LogP contribution in [-0.2, 0) is 9.59 Å².